The number of hydrazone groups is 1. The third-order valence-corrected chi connectivity index (χ3v) is 2.97. The van der Waals surface area contributed by atoms with Gasteiger partial charge in [0.25, 0.3) is 5.69 Å². The number of anilines is 1. The Labute approximate surface area is 134 Å². The summed E-state index contributed by atoms with van der Waals surface area (Å²) in [6.45, 7) is 0. The Hall–Kier alpha value is -3.00. The molecule has 0 saturated heterocycles. The van der Waals surface area contributed by atoms with Crippen molar-refractivity contribution >= 4 is 35.2 Å². The highest BCUT2D eigenvalue weighted by atomic mass is 35.5. The summed E-state index contributed by atoms with van der Waals surface area (Å²) in [5, 5.41) is 16.7. The van der Waals surface area contributed by atoms with Gasteiger partial charge in [-0.05, 0) is 24.3 Å². The number of nitrogens with one attached hydrogen (secondary N) is 2. The van der Waals surface area contributed by atoms with Gasteiger partial charge in [0.1, 0.15) is 5.82 Å². The Morgan fingerprint density at radius 1 is 1.30 bits per heavy atom. The lowest BCUT2D eigenvalue weighted by Crippen LogP contribution is -2.24. The van der Waals surface area contributed by atoms with Crippen LogP contribution in [-0.2, 0) is 0 Å². The molecule has 0 bridgehead atoms. The standard InChI is InChI=1S/C14H10ClFN4O3/c15-11-7-10(5-6-12(11)16)18-14(21)19-17-8-9-3-1-2-4-13(9)20(22)23/h1-8H,(H2,18,19,21)/b17-8+. The van der Waals surface area contributed by atoms with E-state index >= 15 is 0 Å². The van der Waals surface area contributed by atoms with Gasteiger partial charge in [-0.25, -0.2) is 14.6 Å². The molecule has 2 rings (SSSR count). The van der Waals surface area contributed by atoms with Crippen LogP contribution in [0.1, 0.15) is 5.56 Å². The van der Waals surface area contributed by atoms with Crippen molar-refractivity contribution in [3.63, 3.8) is 0 Å². The van der Waals surface area contributed by atoms with Gasteiger partial charge in [-0.3, -0.25) is 10.1 Å². The van der Waals surface area contributed by atoms with Crippen molar-refractivity contribution in [1.29, 1.82) is 0 Å². The summed E-state index contributed by atoms with van der Waals surface area (Å²) < 4.78 is 13.0. The van der Waals surface area contributed by atoms with E-state index in [2.05, 4.69) is 15.8 Å². The molecule has 0 saturated carbocycles. The van der Waals surface area contributed by atoms with Gasteiger partial charge < -0.3 is 5.32 Å². The summed E-state index contributed by atoms with van der Waals surface area (Å²) in [6, 6.07) is 8.90. The molecule has 0 heterocycles. The summed E-state index contributed by atoms with van der Waals surface area (Å²) in [5.74, 6) is -0.605. The summed E-state index contributed by atoms with van der Waals surface area (Å²) in [4.78, 5) is 21.9. The lowest BCUT2D eigenvalue weighted by atomic mass is 10.2. The molecule has 0 spiro atoms. The first kappa shape index (κ1) is 16.4. The number of halogens is 2. The molecule has 7 nitrogen and oxygen atoms in total. The third kappa shape index (κ3) is 4.48. The topological polar surface area (TPSA) is 96.6 Å². The fourth-order valence-corrected chi connectivity index (χ4v) is 1.84. The zero-order valence-corrected chi connectivity index (χ0v) is 12.2. The summed E-state index contributed by atoms with van der Waals surface area (Å²) >= 11 is 5.59. The molecule has 2 aromatic rings. The lowest BCUT2D eigenvalue weighted by molar-refractivity contribution is -0.385. The first-order valence-electron chi connectivity index (χ1n) is 6.26. The van der Waals surface area contributed by atoms with E-state index in [0.29, 0.717) is 0 Å². The van der Waals surface area contributed by atoms with Crippen LogP contribution < -0.4 is 10.7 Å². The number of benzene rings is 2. The molecule has 2 amide bonds. The molecule has 0 unspecified atom stereocenters. The minimum absolute atomic E-state index is 0.133. The minimum Gasteiger partial charge on any atom is -0.306 e. The molecule has 0 aliphatic carbocycles. The third-order valence-electron chi connectivity index (χ3n) is 2.68. The van der Waals surface area contributed by atoms with Crippen LogP contribution in [0.15, 0.2) is 47.6 Å². The number of amides is 2. The number of rotatable bonds is 4. The van der Waals surface area contributed by atoms with Gasteiger partial charge in [0.15, 0.2) is 0 Å². The Bertz CT molecular complexity index is 782. The number of nitrogens with zero attached hydrogens (tertiary/aromatic N) is 2. The lowest BCUT2D eigenvalue weighted by Gasteiger charge is -2.04. The predicted molar refractivity (Wildman–Crippen MR) is 84.3 cm³/mol. The van der Waals surface area contributed by atoms with Gasteiger partial charge in [-0.15, -0.1) is 0 Å². The number of hydrogen-bond donors (Lipinski definition) is 2. The monoisotopic (exact) mass is 336 g/mol. The van der Waals surface area contributed by atoms with E-state index in [-0.39, 0.29) is 22.0 Å². The van der Waals surface area contributed by atoms with E-state index < -0.39 is 16.8 Å². The van der Waals surface area contributed by atoms with Crippen molar-refractivity contribution in [3.8, 4) is 0 Å². The molecule has 0 aliphatic rings. The molecule has 2 aromatic carbocycles. The van der Waals surface area contributed by atoms with Gasteiger partial charge in [-0.1, -0.05) is 23.7 Å². The van der Waals surface area contributed by atoms with E-state index in [1.165, 1.54) is 30.3 Å². The number of hydrogen-bond acceptors (Lipinski definition) is 4. The van der Waals surface area contributed by atoms with Crippen molar-refractivity contribution in [1.82, 2.24) is 5.43 Å². The summed E-state index contributed by atoms with van der Waals surface area (Å²) in [6.07, 6.45) is 1.15. The number of carbonyl (C=O) groups excluding carboxylic acids is 1. The Balaban J connectivity index is 1.99. The SMILES string of the molecule is O=C(N/N=C/c1ccccc1[N+](=O)[O-])Nc1ccc(F)c(Cl)c1. The normalized spacial score (nSPS) is 10.5. The maximum absolute atomic E-state index is 13.0. The highest BCUT2D eigenvalue weighted by Crippen LogP contribution is 2.19. The molecule has 0 aromatic heterocycles. The molecular formula is C14H10ClFN4O3. The molecular weight excluding hydrogens is 327 g/mol. The summed E-state index contributed by atoms with van der Waals surface area (Å²) in [5.41, 5.74) is 2.52. The Morgan fingerprint density at radius 2 is 2.04 bits per heavy atom. The van der Waals surface area contributed by atoms with Gasteiger partial charge in [0.2, 0.25) is 0 Å². The zero-order valence-electron chi connectivity index (χ0n) is 11.5. The molecule has 2 N–H and O–H groups in total. The highest BCUT2D eigenvalue weighted by Gasteiger charge is 2.10. The first-order chi connectivity index (χ1) is 11.0. The van der Waals surface area contributed by atoms with Crippen LogP contribution in [0.25, 0.3) is 0 Å². The van der Waals surface area contributed by atoms with Crippen molar-refractivity contribution in [2.24, 2.45) is 5.10 Å². The second-order valence-corrected chi connectivity index (χ2v) is 4.68. The molecule has 0 radical (unpaired) electrons. The van der Waals surface area contributed by atoms with Crippen molar-refractivity contribution < 1.29 is 14.1 Å². The maximum atomic E-state index is 13.0. The molecule has 0 atom stereocenters. The van der Waals surface area contributed by atoms with Crippen LogP contribution in [0, 0.1) is 15.9 Å². The van der Waals surface area contributed by atoms with E-state index in [0.717, 1.165) is 12.3 Å². The smallest absolute Gasteiger partial charge is 0.306 e. The second kappa shape index (κ2) is 7.32. The number of urea groups is 1. The average Bonchev–Trinajstić information content (AvgIpc) is 2.51. The number of nitro groups is 1. The van der Waals surface area contributed by atoms with Crippen molar-refractivity contribution in [3.05, 3.63) is 69.0 Å². The second-order valence-electron chi connectivity index (χ2n) is 4.27. The number of nitro benzene ring substituents is 1. The molecule has 0 aliphatic heterocycles. The molecule has 9 heteroatoms. The van der Waals surface area contributed by atoms with Crippen LogP contribution in [0.5, 0.6) is 0 Å². The van der Waals surface area contributed by atoms with Crippen molar-refractivity contribution in [2.45, 2.75) is 0 Å². The molecule has 0 fully saturated rings. The van der Waals surface area contributed by atoms with E-state index in [1.807, 2.05) is 0 Å². The maximum Gasteiger partial charge on any atom is 0.339 e. The van der Waals surface area contributed by atoms with Gasteiger partial charge >= 0.3 is 6.03 Å². The quantitative estimate of drug-likeness (QED) is 0.507. The van der Waals surface area contributed by atoms with E-state index in [4.69, 9.17) is 11.6 Å². The Morgan fingerprint density at radius 3 is 2.74 bits per heavy atom. The fraction of sp³-hybridized carbons (Fsp3) is 0. The highest BCUT2D eigenvalue weighted by molar-refractivity contribution is 6.31. The largest absolute Gasteiger partial charge is 0.339 e. The van der Waals surface area contributed by atoms with Gasteiger partial charge in [0.05, 0.1) is 21.7 Å². The number of para-hydroxylation sites is 1. The van der Waals surface area contributed by atoms with Gasteiger partial charge in [0, 0.05) is 11.8 Å². The fourth-order valence-electron chi connectivity index (χ4n) is 1.66. The predicted octanol–water partition coefficient (Wildman–Crippen LogP) is 3.54. The summed E-state index contributed by atoms with van der Waals surface area (Å²) in [7, 11) is 0. The average molecular weight is 337 g/mol. The van der Waals surface area contributed by atoms with E-state index in [9.17, 15) is 19.3 Å². The molecule has 23 heavy (non-hydrogen) atoms. The van der Waals surface area contributed by atoms with Crippen LogP contribution in [0.3, 0.4) is 0 Å². The van der Waals surface area contributed by atoms with Gasteiger partial charge in [-0.2, -0.15) is 5.10 Å². The van der Waals surface area contributed by atoms with Crippen LogP contribution in [-0.4, -0.2) is 17.2 Å². The Kier molecular flexibility index (Phi) is 5.21. The van der Waals surface area contributed by atoms with Crippen LogP contribution >= 0.6 is 11.6 Å². The number of carbonyl (C=O) groups is 1. The zero-order chi connectivity index (χ0) is 16.8. The van der Waals surface area contributed by atoms with Crippen LogP contribution in [0.2, 0.25) is 5.02 Å². The molecule has 118 valence electrons. The first-order valence-corrected chi connectivity index (χ1v) is 6.63. The van der Waals surface area contributed by atoms with Crippen molar-refractivity contribution in [2.75, 3.05) is 5.32 Å². The van der Waals surface area contributed by atoms with E-state index in [1.54, 1.807) is 6.07 Å². The van der Waals surface area contributed by atoms with Crippen LogP contribution in [0.4, 0.5) is 20.6 Å². The minimum atomic E-state index is -0.706.